The van der Waals surface area contributed by atoms with E-state index in [4.69, 9.17) is 4.74 Å². The zero-order valence-corrected chi connectivity index (χ0v) is 22.4. The maximum absolute atomic E-state index is 13.7. The number of benzene rings is 3. The van der Waals surface area contributed by atoms with Crippen LogP contribution >= 0.6 is 11.3 Å². The van der Waals surface area contributed by atoms with Crippen LogP contribution < -0.4 is 4.74 Å². The van der Waals surface area contributed by atoms with E-state index in [0.29, 0.717) is 17.7 Å². The number of fused-ring (bicyclic) bond motifs is 1. The molecule has 0 bridgehead atoms. The molecule has 194 valence electrons. The minimum Gasteiger partial charge on any atom is -0.508 e. The summed E-state index contributed by atoms with van der Waals surface area (Å²) in [5.41, 5.74) is 1.96. The van der Waals surface area contributed by atoms with Crippen LogP contribution in [-0.2, 0) is 0 Å². The first-order valence-corrected chi connectivity index (χ1v) is 13.9. The quantitative estimate of drug-likeness (QED) is 0.180. The molecule has 0 aliphatic rings. The molecule has 3 aromatic carbocycles. The molecule has 0 atom stereocenters. The van der Waals surface area contributed by atoms with E-state index in [2.05, 4.69) is 18.7 Å². The van der Waals surface area contributed by atoms with Gasteiger partial charge in [0.25, 0.3) is 0 Å². The highest BCUT2D eigenvalue weighted by atomic mass is 32.1. The first-order valence-electron chi connectivity index (χ1n) is 13.0. The molecule has 0 saturated carbocycles. The number of phenolic OH excluding ortho intramolecular Hbond substituents is 2. The molecule has 2 N–H and O–H groups in total. The van der Waals surface area contributed by atoms with Crippen molar-refractivity contribution in [3.63, 3.8) is 0 Å². The third kappa shape index (κ3) is 6.70. The van der Waals surface area contributed by atoms with Crippen LogP contribution in [0.5, 0.6) is 17.2 Å². The average molecular weight is 518 g/mol. The van der Waals surface area contributed by atoms with Crippen molar-refractivity contribution in [2.75, 3.05) is 26.2 Å². The SMILES string of the molecule is CCCCN(CCCC)CCOc1ccc(C(=O)c2c(-c3ccc(O)cc3)sc3ccc(O)cc23)cc1. The van der Waals surface area contributed by atoms with Gasteiger partial charge in [-0.05, 0) is 98.2 Å². The number of nitrogens with zero attached hydrogens (tertiary/aromatic N) is 1. The largest absolute Gasteiger partial charge is 0.508 e. The van der Waals surface area contributed by atoms with Crippen LogP contribution in [0, 0.1) is 0 Å². The van der Waals surface area contributed by atoms with E-state index in [1.54, 1.807) is 48.5 Å². The summed E-state index contributed by atoms with van der Waals surface area (Å²) in [5, 5.41) is 20.6. The lowest BCUT2D eigenvalue weighted by molar-refractivity contribution is 0.104. The maximum Gasteiger partial charge on any atom is 0.195 e. The van der Waals surface area contributed by atoms with Crippen LogP contribution in [0.2, 0.25) is 0 Å². The van der Waals surface area contributed by atoms with Crippen LogP contribution in [0.3, 0.4) is 0 Å². The van der Waals surface area contributed by atoms with E-state index >= 15 is 0 Å². The van der Waals surface area contributed by atoms with Crippen molar-refractivity contribution >= 4 is 27.2 Å². The minimum atomic E-state index is -0.114. The number of carbonyl (C=O) groups is 1. The van der Waals surface area contributed by atoms with Gasteiger partial charge < -0.3 is 14.9 Å². The first-order chi connectivity index (χ1) is 18.0. The Hall–Kier alpha value is -3.35. The molecule has 0 aliphatic carbocycles. The fourth-order valence-electron chi connectivity index (χ4n) is 4.37. The summed E-state index contributed by atoms with van der Waals surface area (Å²) in [6, 6.07) is 19.2. The standard InChI is InChI=1S/C31H35NO4S/c1-3-5-17-32(18-6-4-2)19-20-36-26-14-9-22(10-15-26)30(35)29-27-21-25(34)13-16-28(27)37-31(29)23-7-11-24(33)12-8-23/h7-16,21,33-34H,3-6,17-20H2,1-2H3. The third-order valence-electron chi connectivity index (χ3n) is 6.48. The molecule has 0 fully saturated rings. The molecular formula is C31H35NO4S. The number of unbranched alkanes of at least 4 members (excludes halogenated alkanes) is 2. The molecule has 5 nitrogen and oxygen atoms in total. The average Bonchev–Trinajstić information content (AvgIpc) is 3.28. The number of rotatable bonds is 13. The number of hydrogen-bond donors (Lipinski definition) is 2. The van der Waals surface area contributed by atoms with Gasteiger partial charge in [0.1, 0.15) is 23.9 Å². The molecule has 1 aromatic heterocycles. The van der Waals surface area contributed by atoms with Crippen molar-refractivity contribution in [1.29, 1.82) is 0 Å². The van der Waals surface area contributed by atoms with Gasteiger partial charge in [0, 0.05) is 32.6 Å². The Kier molecular flexibility index (Phi) is 9.20. The van der Waals surface area contributed by atoms with Crippen molar-refractivity contribution in [3.8, 4) is 27.7 Å². The molecule has 0 radical (unpaired) electrons. The highest BCUT2D eigenvalue weighted by Crippen LogP contribution is 2.41. The van der Waals surface area contributed by atoms with Gasteiger partial charge in [-0.3, -0.25) is 9.69 Å². The van der Waals surface area contributed by atoms with Gasteiger partial charge in [0.05, 0.1) is 0 Å². The number of aromatic hydroxyl groups is 2. The molecule has 0 saturated heterocycles. The molecular weight excluding hydrogens is 482 g/mol. The summed E-state index contributed by atoms with van der Waals surface area (Å²) >= 11 is 1.50. The molecule has 37 heavy (non-hydrogen) atoms. The Morgan fingerprint density at radius 1 is 0.838 bits per heavy atom. The lowest BCUT2D eigenvalue weighted by atomic mass is 9.97. The van der Waals surface area contributed by atoms with E-state index in [9.17, 15) is 15.0 Å². The number of ether oxygens (including phenoxy) is 1. The van der Waals surface area contributed by atoms with Crippen LogP contribution in [0.15, 0.2) is 66.7 Å². The zero-order chi connectivity index (χ0) is 26.2. The Labute approximate surface area is 223 Å². The maximum atomic E-state index is 13.7. The van der Waals surface area contributed by atoms with Gasteiger partial charge in [0.15, 0.2) is 5.78 Å². The van der Waals surface area contributed by atoms with Crippen LogP contribution in [0.1, 0.15) is 55.5 Å². The number of phenols is 2. The van der Waals surface area contributed by atoms with Gasteiger partial charge >= 0.3 is 0 Å². The second kappa shape index (κ2) is 12.7. The van der Waals surface area contributed by atoms with E-state index in [-0.39, 0.29) is 17.3 Å². The van der Waals surface area contributed by atoms with Gasteiger partial charge in [0.2, 0.25) is 0 Å². The monoisotopic (exact) mass is 517 g/mol. The predicted molar refractivity (Wildman–Crippen MR) is 152 cm³/mol. The smallest absolute Gasteiger partial charge is 0.195 e. The van der Waals surface area contributed by atoms with Crippen molar-refractivity contribution in [2.24, 2.45) is 0 Å². The summed E-state index contributed by atoms with van der Waals surface area (Å²) < 4.78 is 6.92. The third-order valence-corrected chi connectivity index (χ3v) is 7.70. The number of ketones is 1. The van der Waals surface area contributed by atoms with Crippen LogP contribution in [-0.4, -0.2) is 47.1 Å². The summed E-state index contributed by atoms with van der Waals surface area (Å²) in [4.78, 5) is 17.0. The van der Waals surface area contributed by atoms with Crippen LogP contribution in [0.25, 0.3) is 20.5 Å². The van der Waals surface area contributed by atoms with Crippen molar-refractivity contribution in [2.45, 2.75) is 39.5 Å². The summed E-state index contributed by atoms with van der Waals surface area (Å²) in [5.74, 6) is 0.919. The second-order valence-electron chi connectivity index (χ2n) is 9.28. The van der Waals surface area contributed by atoms with Crippen LogP contribution in [0.4, 0.5) is 0 Å². The highest BCUT2D eigenvalue weighted by molar-refractivity contribution is 7.22. The lowest BCUT2D eigenvalue weighted by Crippen LogP contribution is -2.30. The molecule has 0 spiro atoms. The van der Waals surface area contributed by atoms with E-state index < -0.39 is 0 Å². The van der Waals surface area contributed by atoms with E-state index in [1.165, 1.54) is 37.0 Å². The topological polar surface area (TPSA) is 70.0 Å². The van der Waals surface area contributed by atoms with Gasteiger partial charge in [-0.1, -0.05) is 26.7 Å². The molecule has 0 amide bonds. The summed E-state index contributed by atoms with van der Waals surface area (Å²) in [7, 11) is 0. The Bertz CT molecular complexity index is 1300. The fourth-order valence-corrected chi connectivity index (χ4v) is 5.55. The molecule has 6 heteroatoms. The summed E-state index contributed by atoms with van der Waals surface area (Å²) in [6.07, 6.45) is 4.77. The van der Waals surface area contributed by atoms with Crippen molar-refractivity contribution in [3.05, 3.63) is 77.9 Å². The number of hydrogen-bond acceptors (Lipinski definition) is 6. The molecule has 0 unspecified atom stereocenters. The molecule has 4 rings (SSSR count). The van der Waals surface area contributed by atoms with E-state index in [0.717, 1.165) is 45.9 Å². The first kappa shape index (κ1) is 26.7. The molecule has 1 heterocycles. The molecule has 0 aliphatic heterocycles. The number of thiophene rings is 1. The van der Waals surface area contributed by atoms with Crippen molar-refractivity contribution in [1.82, 2.24) is 4.90 Å². The van der Waals surface area contributed by atoms with Gasteiger partial charge in [-0.25, -0.2) is 0 Å². The minimum absolute atomic E-state index is 0.114. The van der Waals surface area contributed by atoms with Gasteiger partial charge in [-0.15, -0.1) is 11.3 Å². The predicted octanol–water partition coefficient (Wildman–Crippen LogP) is 7.49. The number of carbonyl (C=O) groups excluding carboxylic acids is 1. The fraction of sp³-hybridized carbons (Fsp3) is 0.323. The molecule has 4 aromatic rings. The Morgan fingerprint density at radius 2 is 1.49 bits per heavy atom. The lowest BCUT2D eigenvalue weighted by Gasteiger charge is -2.22. The van der Waals surface area contributed by atoms with Crippen molar-refractivity contribution < 1.29 is 19.7 Å². The van der Waals surface area contributed by atoms with Gasteiger partial charge in [-0.2, -0.15) is 0 Å². The Morgan fingerprint density at radius 3 is 2.14 bits per heavy atom. The Balaban J connectivity index is 1.52. The second-order valence-corrected chi connectivity index (χ2v) is 10.3. The van der Waals surface area contributed by atoms with E-state index in [1.807, 2.05) is 18.2 Å². The summed E-state index contributed by atoms with van der Waals surface area (Å²) in [6.45, 7) is 8.13. The zero-order valence-electron chi connectivity index (χ0n) is 21.6. The normalized spacial score (nSPS) is 11.3. The highest BCUT2D eigenvalue weighted by Gasteiger charge is 2.22.